The molecule has 0 aliphatic carbocycles. The number of alkyl halides is 6. The van der Waals surface area contributed by atoms with Gasteiger partial charge < -0.3 is 4.74 Å². The molecule has 0 saturated heterocycles. The van der Waals surface area contributed by atoms with Crippen molar-refractivity contribution in [3.05, 3.63) is 42.5 Å². The Morgan fingerprint density at radius 2 is 1.38 bits per heavy atom. The van der Waals surface area contributed by atoms with Crippen LogP contribution in [0.15, 0.2) is 42.5 Å². The molecule has 0 bridgehead atoms. The largest absolute Gasteiger partial charge is 0.430 e. The lowest BCUT2D eigenvalue weighted by Crippen LogP contribution is -2.68. The summed E-state index contributed by atoms with van der Waals surface area (Å²) in [7, 11) is -7.04. The molecule has 0 spiro atoms. The van der Waals surface area contributed by atoms with Crippen molar-refractivity contribution in [3.8, 4) is 5.75 Å². The molecule has 0 aliphatic heterocycles. The van der Waals surface area contributed by atoms with Crippen molar-refractivity contribution in [2.24, 2.45) is 0 Å². The third-order valence-corrected chi connectivity index (χ3v) is 4.83. The van der Waals surface area contributed by atoms with Crippen molar-refractivity contribution in [1.82, 2.24) is 0 Å². The van der Waals surface area contributed by atoms with Gasteiger partial charge in [-0.15, -0.1) is 0 Å². The molecule has 12 heteroatoms. The molecule has 0 saturated carbocycles. The number of benzene rings is 2. The summed E-state index contributed by atoms with van der Waals surface area (Å²) in [5.74, 6) is -3.98. The molecule has 0 aliphatic rings. The number of halogens is 6. The second kappa shape index (κ2) is 6.13. The Labute approximate surface area is 141 Å². The van der Waals surface area contributed by atoms with Gasteiger partial charge in [0.1, 0.15) is 5.75 Å². The maximum Gasteiger partial charge on any atom is 0.430 e. The van der Waals surface area contributed by atoms with Crippen molar-refractivity contribution in [3.63, 3.8) is 0 Å². The summed E-state index contributed by atoms with van der Waals surface area (Å²) in [5.41, 5.74) is 0. The Balaban J connectivity index is 2.69. The van der Waals surface area contributed by atoms with E-state index in [0.29, 0.717) is 5.39 Å². The number of ether oxygens (including phenoxy) is 1. The van der Waals surface area contributed by atoms with Gasteiger partial charge in [-0.25, -0.2) is 4.79 Å². The second-order valence-electron chi connectivity index (χ2n) is 5.02. The molecule has 1 N–H and O–H groups in total. The van der Waals surface area contributed by atoms with Gasteiger partial charge in [-0.2, -0.15) is 34.8 Å². The van der Waals surface area contributed by atoms with E-state index in [2.05, 4.69) is 4.74 Å². The third-order valence-electron chi connectivity index (χ3n) is 3.43. The van der Waals surface area contributed by atoms with Gasteiger partial charge in [0.15, 0.2) is 0 Å². The standard InChI is InChI=1S/C14H8F6O5S/c15-13(16,17)12(14(18,19)20,26(22,23)24)11(21)25-10-7-3-5-8-4-1-2-6-9(8)10/h1-7H,(H,22,23,24). The van der Waals surface area contributed by atoms with Crippen LogP contribution in [0.25, 0.3) is 10.8 Å². The Morgan fingerprint density at radius 1 is 0.885 bits per heavy atom. The van der Waals surface area contributed by atoms with E-state index < -0.39 is 38.9 Å². The second-order valence-corrected chi connectivity index (χ2v) is 6.58. The number of carbonyl (C=O) groups is 1. The van der Waals surface area contributed by atoms with Crippen LogP contribution < -0.4 is 4.74 Å². The molecule has 0 aromatic heterocycles. The lowest BCUT2D eigenvalue weighted by Gasteiger charge is -2.31. The summed E-state index contributed by atoms with van der Waals surface area (Å²) < 4.78 is 107. The Bertz CT molecular complexity index is 929. The monoisotopic (exact) mass is 402 g/mol. The quantitative estimate of drug-likeness (QED) is 0.368. The molecule has 0 fully saturated rings. The topological polar surface area (TPSA) is 80.7 Å². The molecule has 2 rings (SSSR count). The van der Waals surface area contributed by atoms with Gasteiger partial charge in [0, 0.05) is 5.39 Å². The fourth-order valence-electron chi connectivity index (χ4n) is 2.25. The van der Waals surface area contributed by atoms with E-state index in [-0.39, 0.29) is 5.39 Å². The van der Waals surface area contributed by atoms with Crippen molar-refractivity contribution < 1.29 is 48.8 Å². The first-order chi connectivity index (χ1) is 11.7. The molecule has 0 amide bonds. The summed E-state index contributed by atoms with van der Waals surface area (Å²) in [6.45, 7) is 0. The third kappa shape index (κ3) is 2.98. The Morgan fingerprint density at radius 3 is 1.88 bits per heavy atom. The predicted octanol–water partition coefficient (Wildman–Crippen LogP) is 3.50. The van der Waals surface area contributed by atoms with Gasteiger partial charge in [-0.3, -0.25) is 4.55 Å². The summed E-state index contributed by atoms with van der Waals surface area (Å²) in [4.78, 5) is 11.8. The van der Waals surface area contributed by atoms with Crippen LogP contribution in [0.4, 0.5) is 26.3 Å². The van der Waals surface area contributed by atoms with Gasteiger partial charge in [-0.1, -0.05) is 36.4 Å². The first kappa shape index (κ1) is 20.0. The highest BCUT2D eigenvalue weighted by molar-refractivity contribution is 7.88. The molecule has 0 atom stereocenters. The zero-order valence-corrected chi connectivity index (χ0v) is 13.1. The van der Waals surface area contributed by atoms with E-state index in [1.54, 1.807) is 0 Å². The van der Waals surface area contributed by atoms with Crippen LogP contribution in [0.1, 0.15) is 0 Å². The molecule has 0 heterocycles. The minimum Gasteiger partial charge on any atom is -0.424 e. The number of esters is 1. The van der Waals surface area contributed by atoms with Crippen molar-refractivity contribution in [2.45, 2.75) is 17.1 Å². The summed E-state index contributed by atoms with van der Waals surface area (Å²) in [6, 6.07) is 8.99. The molecule has 0 radical (unpaired) electrons. The summed E-state index contributed by atoms with van der Waals surface area (Å²) in [6.07, 6.45) is -13.5. The van der Waals surface area contributed by atoms with Crippen LogP contribution in [0.3, 0.4) is 0 Å². The first-order valence-electron chi connectivity index (χ1n) is 6.54. The van der Waals surface area contributed by atoms with Gasteiger partial charge in [-0.05, 0) is 11.5 Å². The van der Waals surface area contributed by atoms with Gasteiger partial charge in [0.05, 0.1) is 0 Å². The van der Waals surface area contributed by atoms with E-state index in [9.17, 15) is 39.6 Å². The van der Waals surface area contributed by atoms with Crippen molar-refractivity contribution in [2.75, 3.05) is 0 Å². The first-order valence-corrected chi connectivity index (χ1v) is 7.98. The highest BCUT2D eigenvalue weighted by atomic mass is 32.2. The lowest BCUT2D eigenvalue weighted by atomic mass is 10.1. The molecular weight excluding hydrogens is 394 g/mol. The minimum absolute atomic E-state index is 0.0445. The zero-order valence-electron chi connectivity index (χ0n) is 12.3. The fourth-order valence-corrected chi connectivity index (χ4v) is 3.08. The molecule has 26 heavy (non-hydrogen) atoms. The van der Waals surface area contributed by atoms with Crippen LogP contribution in [0, 0.1) is 0 Å². The fraction of sp³-hybridized carbons (Fsp3) is 0.214. The van der Waals surface area contributed by atoms with E-state index in [1.807, 2.05) is 0 Å². The highest BCUT2D eigenvalue weighted by Crippen LogP contribution is 2.49. The predicted molar refractivity (Wildman–Crippen MR) is 76.0 cm³/mol. The summed E-state index contributed by atoms with van der Waals surface area (Å²) in [5, 5.41) is 0.256. The smallest absolute Gasteiger partial charge is 0.424 e. The van der Waals surface area contributed by atoms with Crippen molar-refractivity contribution in [1.29, 1.82) is 0 Å². The normalized spacial score (nSPS) is 13.7. The lowest BCUT2D eigenvalue weighted by molar-refractivity contribution is -0.265. The Kier molecular flexibility index (Phi) is 4.71. The number of fused-ring (bicyclic) bond motifs is 1. The maximum absolute atomic E-state index is 13.1. The Hall–Kier alpha value is -2.34. The molecule has 2 aromatic rings. The molecular formula is C14H8F6O5S. The van der Waals surface area contributed by atoms with Gasteiger partial charge >= 0.3 is 33.2 Å². The number of hydrogen-bond acceptors (Lipinski definition) is 4. The van der Waals surface area contributed by atoms with Crippen LogP contribution in [-0.4, -0.2) is 36.0 Å². The van der Waals surface area contributed by atoms with E-state index in [0.717, 1.165) is 6.07 Å². The van der Waals surface area contributed by atoms with E-state index >= 15 is 0 Å². The zero-order chi connectivity index (χ0) is 20.0. The van der Waals surface area contributed by atoms with E-state index in [1.165, 1.54) is 36.4 Å². The van der Waals surface area contributed by atoms with Crippen LogP contribution in [-0.2, 0) is 14.9 Å². The van der Waals surface area contributed by atoms with E-state index in [4.69, 9.17) is 4.55 Å². The summed E-state index contributed by atoms with van der Waals surface area (Å²) >= 11 is 0. The maximum atomic E-state index is 13.1. The number of carbonyl (C=O) groups excluding carboxylic acids is 1. The molecule has 5 nitrogen and oxygen atoms in total. The van der Waals surface area contributed by atoms with Crippen LogP contribution in [0.2, 0.25) is 0 Å². The van der Waals surface area contributed by atoms with Crippen LogP contribution >= 0.6 is 0 Å². The molecule has 142 valence electrons. The highest BCUT2D eigenvalue weighted by Gasteiger charge is 2.85. The number of hydrogen-bond donors (Lipinski definition) is 1. The average Bonchev–Trinajstić information content (AvgIpc) is 2.43. The molecule has 0 unspecified atom stereocenters. The average molecular weight is 402 g/mol. The number of rotatable bonds is 3. The van der Waals surface area contributed by atoms with Gasteiger partial charge in [0.2, 0.25) is 0 Å². The van der Waals surface area contributed by atoms with Crippen molar-refractivity contribution >= 4 is 26.9 Å². The van der Waals surface area contributed by atoms with Gasteiger partial charge in [0.25, 0.3) is 0 Å². The van der Waals surface area contributed by atoms with Crippen LogP contribution in [0.5, 0.6) is 5.75 Å². The molecule has 2 aromatic carbocycles. The SMILES string of the molecule is O=C(Oc1cccc2ccccc12)C(C(F)(F)F)(C(F)(F)F)S(=O)(=O)O. The minimum atomic E-state index is -7.04.